The Labute approximate surface area is 81.9 Å². The van der Waals surface area contributed by atoms with E-state index >= 15 is 0 Å². The van der Waals surface area contributed by atoms with E-state index in [9.17, 15) is 4.39 Å². The number of aromatic nitrogens is 1. The Kier molecular flexibility index (Phi) is 2.27. The van der Waals surface area contributed by atoms with Crippen molar-refractivity contribution in [2.75, 3.05) is 0 Å². The fourth-order valence-electron chi connectivity index (χ4n) is 1.47. The van der Waals surface area contributed by atoms with Gasteiger partial charge in [0.1, 0.15) is 0 Å². The van der Waals surface area contributed by atoms with Crippen LogP contribution in [0.15, 0.2) is 42.4 Å². The molecule has 0 radical (unpaired) electrons. The van der Waals surface area contributed by atoms with E-state index in [-0.39, 0.29) is 5.83 Å². The lowest BCUT2D eigenvalue weighted by atomic mass is 10.1. The van der Waals surface area contributed by atoms with E-state index in [1.54, 1.807) is 6.20 Å². The molecule has 0 fully saturated rings. The quantitative estimate of drug-likeness (QED) is 0.665. The van der Waals surface area contributed by atoms with Crippen molar-refractivity contribution in [2.24, 2.45) is 0 Å². The minimum atomic E-state index is -0.193. The van der Waals surface area contributed by atoms with Gasteiger partial charge < -0.3 is 0 Å². The van der Waals surface area contributed by atoms with Gasteiger partial charge in [-0.3, -0.25) is 4.98 Å². The van der Waals surface area contributed by atoms with Gasteiger partial charge in [-0.15, -0.1) is 0 Å². The van der Waals surface area contributed by atoms with Gasteiger partial charge in [0.05, 0.1) is 11.3 Å². The fourth-order valence-corrected chi connectivity index (χ4v) is 1.47. The predicted molar refractivity (Wildman–Crippen MR) is 56.5 cm³/mol. The summed E-state index contributed by atoms with van der Waals surface area (Å²) in [5.41, 5.74) is 1.76. The lowest BCUT2D eigenvalue weighted by Crippen LogP contribution is -1.81. The second-order valence-corrected chi connectivity index (χ2v) is 3.15. The largest absolute Gasteiger partial charge is 0.256 e. The van der Waals surface area contributed by atoms with E-state index in [2.05, 4.69) is 4.98 Å². The van der Waals surface area contributed by atoms with E-state index in [0.717, 1.165) is 16.5 Å². The average molecular weight is 187 g/mol. The highest BCUT2D eigenvalue weighted by Crippen LogP contribution is 2.19. The topological polar surface area (TPSA) is 12.9 Å². The zero-order chi connectivity index (χ0) is 9.97. The van der Waals surface area contributed by atoms with Crippen molar-refractivity contribution in [3.05, 3.63) is 47.9 Å². The number of halogens is 1. The summed E-state index contributed by atoms with van der Waals surface area (Å²) >= 11 is 0. The smallest absolute Gasteiger partial charge is 0.0974 e. The summed E-state index contributed by atoms with van der Waals surface area (Å²) in [6.07, 6.45) is 3.25. The highest BCUT2D eigenvalue weighted by atomic mass is 19.1. The third kappa shape index (κ3) is 1.64. The third-order valence-electron chi connectivity index (χ3n) is 2.03. The second-order valence-electron chi connectivity index (χ2n) is 3.15. The lowest BCUT2D eigenvalue weighted by molar-refractivity contribution is 0.648. The van der Waals surface area contributed by atoms with Gasteiger partial charge in [0.25, 0.3) is 0 Å². The maximum absolute atomic E-state index is 12.8. The molecule has 0 N–H and O–H groups in total. The van der Waals surface area contributed by atoms with Crippen LogP contribution in [0.5, 0.6) is 0 Å². The molecule has 0 aliphatic rings. The minimum Gasteiger partial charge on any atom is -0.256 e. The SMILES string of the molecule is C/C(F)=C\c1cccc2ncccc12. The summed E-state index contributed by atoms with van der Waals surface area (Å²) < 4.78 is 12.8. The summed E-state index contributed by atoms with van der Waals surface area (Å²) in [6.45, 7) is 1.44. The minimum absolute atomic E-state index is 0.193. The van der Waals surface area contributed by atoms with Crippen LogP contribution in [0.2, 0.25) is 0 Å². The number of hydrogen-bond donors (Lipinski definition) is 0. The van der Waals surface area contributed by atoms with Crippen molar-refractivity contribution in [1.29, 1.82) is 0 Å². The maximum Gasteiger partial charge on any atom is 0.0974 e. The van der Waals surface area contributed by atoms with Crippen LogP contribution in [0.1, 0.15) is 12.5 Å². The molecule has 1 aromatic carbocycles. The molecule has 0 saturated carbocycles. The van der Waals surface area contributed by atoms with Crippen molar-refractivity contribution in [3.63, 3.8) is 0 Å². The number of fused-ring (bicyclic) bond motifs is 1. The highest BCUT2D eigenvalue weighted by molar-refractivity contribution is 5.87. The van der Waals surface area contributed by atoms with Crippen molar-refractivity contribution in [1.82, 2.24) is 4.98 Å². The third-order valence-corrected chi connectivity index (χ3v) is 2.03. The van der Waals surface area contributed by atoms with Gasteiger partial charge >= 0.3 is 0 Å². The predicted octanol–water partition coefficient (Wildman–Crippen LogP) is 3.57. The van der Waals surface area contributed by atoms with Gasteiger partial charge in [0.15, 0.2) is 0 Å². The molecule has 70 valence electrons. The normalized spacial score (nSPS) is 12.0. The molecule has 0 bridgehead atoms. The lowest BCUT2D eigenvalue weighted by Gasteiger charge is -2.00. The van der Waals surface area contributed by atoms with Gasteiger partial charge in [-0.25, -0.2) is 4.39 Å². The molecule has 0 spiro atoms. The zero-order valence-electron chi connectivity index (χ0n) is 7.87. The average Bonchev–Trinajstić information content (AvgIpc) is 2.18. The molecule has 0 unspecified atom stereocenters. The first kappa shape index (κ1) is 8.88. The Bertz CT molecular complexity index is 479. The second kappa shape index (κ2) is 3.58. The van der Waals surface area contributed by atoms with Gasteiger partial charge in [-0.2, -0.15) is 0 Å². The first-order valence-electron chi connectivity index (χ1n) is 4.45. The van der Waals surface area contributed by atoms with Gasteiger partial charge in [-0.1, -0.05) is 18.2 Å². The van der Waals surface area contributed by atoms with Crippen LogP contribution in [0.3, 0.4) is 0 Å². The monoisotopic (exact) mass is 187 g/mol. The van der Waals surface area contributed by atoms with Crippen LogP contribution in [-0.4, -0.2) is 4.98 Å². The first-order chi connectivity index (χ1) is 6.77. The standard InChI is InChI=1S/C12H10FN/c1-9(13)8-10-4-2-6-12-11(10)5-3-7-14-12/h2-8H,1H3/b9-8+. The molecule has 1 aromatic heterocycles. The fraction of sp³-hybridized carbons (Fsp3) is 0.0833. The number of allylic oxidation sites excluding steroid dienone is 1. The van der Waals surface area contributed by atoms with Crippen molar-refractivity contribution in [3.8, 4) is 0 Å². The molecule has 0 saturated heterocycles. The molecular weight excluding hydrogens is 177 g/mol. The molecule has 2 rings (SSSR count). The molecule has 2 aromatic rings. The van der Waals surface area contributed by atoms with Gasteiger partial charge in [0, 0.05) is 11.6 Å². The van der Waals surface area contributed by atoms with Crippen LogP contribution in [0.4, 0.5) is 4.39 Å². The molecule has 0 aliphatic carbocycles. The summed E-state index contributed by atoms with van der Waals surface area (Å²) in [4.78, 5) is 4.20. The van der Waals surface area contributed by atoms with E-state index < -0.39 is 0 Å². The summed E-state index contributed by atoms with van der Waals surface area (Å²) in [6, 6.07) is 9.47. The number of hydrogen-bond acceptors (Lipinski definition) is 1. The Morgan fingerprint density at radius 2 is 2.14 bits per heavy atom. The molecule has 0 amide bonds. The Morgan fingerprint density at radius 1 is 1.29 bits per heavy atom. The van der Waals surface area contributed by atoms with E-state index in [1.807, 2.05) is 30.3 Å². The molecule has 0 aliphatic heterocycles. The number of rotatable bonds is 1. The molecular formula is C12H10FN. The van der Waals surface area contributed by atoms with Crippen molar-refractivity contribution in [2.45, 2.75) is 6.92 Å². The number of nitrogens with zero attached hydrogens (tertiary/aromatic N) is 1. The summed E-state index contributed by atoms with van der Waals surface area (Å²) in [7, 11) is 0. The molecule has 14 heavy (non-hydrogen) atoms. The van der Waals surface area contributed by atoms with E-state index in [1.165, 1.54) is 13.0 Å². The Hall–Kier alpha value is -1.70. The molecule has 1 nitrogen and oxygen atoms in total. The first-order valence-corrected chi connectivity index (χ1v) is 4.45. The number of benzene rings is 1. The van der Waals surface area contributed by atoms with Crippen molar-refractivity contribution < 1.29 is 4.39 Å². The summed E-state index contributed by atoms with van der Waals surface area (Å²) in [5, 5.41) is 0.979. The molecule has 1 heterocycles. The molecule has 0 atom stereocenters. The van der Waals surface area contributed by atoms with Crippen molar-refractivity contribution >= 4 is 17.0 Å². The van der Waals surface area contributed by atoms with Crippen LogP contribution < -0.4 is 0 Å². The highest BCUT2D eigenvalue weighted by Gasteiger charge is 1.98. The van der Waals surface area contributed by atoms with Crippen LogP contribution in [-0.2, 0) is 0 Å². The van der Waals surface area contributed by atoms with Crippen LogP contribution in [0, 0.1) is 0 Å². The Balaban J connectivity index is 2.71. The van der Waals surface area contributed by atoms with Gasteiger partial charge in [-0.05, 0) is 30.7 Å². The van der Waals surface area contributed by atoms with Crippen LogP contribution >= 0.6 is 0 Å². The van der Waals surface area contributed by atoms with Gasteiger partial charge in [0.2, 0.25) is 0 Å². The van der Waals surface area contributed by atoms with E-state index in [0.29, 0.717) is 0 Å². The van der Waals surface area contributed by atoms with E-state index in [4.69, 9.17) is 0 Å². The summed E-state index contributed by atoms with van der Waals surface area (Å²) in [5.74, 6) is -0.193. The maximum atomic E-state index is 12.8. The molecule has 2 heteroatoms. The number of pyridine rings is 1. The van der Waals surface area contributed by atoms with Crippen LogP contribution in [0.25, 0.3) is 17.0 Å². The Morgan fingerprint density at radius 3 is 2.93 bits per heavy atom. The zero-order valence-corrected chi connectivity index (χ0v) is 7.87.